The van der Waals surface area contributed by atoms with Crippen molar-refractivity contribution in [2.24, 2.45) is 0 Å². The van der Waals surface area contributed by atoms with Crippen LogP contribution in [0, 0.1) is 0 Å². The zero-order chi connectivity index (χ0) is 86.0. The van der Waals surface area contributed by atoms with Crippen molar-refractivity contribution in [1.29, 1.82) is 0 Å². The van der Waals surface area contributed by atoms with Crippen molar-refractivity contribution in [3.05, 3.63) is 564 Å². The van der Waals surface area contributed by atoms with Crippen molar-refractivity contribution in [3.8, 4) is 145 Å². The largest absolute Gasteiger partial charge is 0.310 e. The van der Waals surface area contributed by atoms with E-state index in [1.807, 2.05) is 0 Å². The quantitative estimate of drug-likeness (QED) is 0.114. The molecule has 0 N–H and O–H groups in total. The third-order valence-electron chi connectivity index (χ3n) is 29.4. The lowest BCUT2D eigenvalue weighted by atomic mass is 9.70. The molecule has 6 aliphatic carbocycles. The van der Waals surface area contributed by atoms with Crippen molar-refractivity contribution in [3.63, 3.8) is 0 Å². The molecule has 0 amide bonds. The van der Waals surface area contributed by atoms with Crippen LogP contribution >= 0.6 is 0 Å². The summed E-state index contributed by atoms with van der Waals surface area (Å²) in [5, 5.41) is 0. The van der Waals surface area contributed by atoms with Crippen LogP contribution < -0.4 is 9.80 Å². The molecule has 1 unspecified atom stereocenters. The molecule has 21 aromatic rings. The van der Waals surface area contributed by atoms with Gasteiger partial charge in [0.2, 0.25) is 0 Å². The van der Waals surface area contributed by atoms with Crippen molar-refractivity contribution in [2.45, 2.75) is 16.2 Å². The smallest absolute Gasteiger partial charge is 0.0726 e. The molecular formula is C129H82N2. The lowest BCUT2D eigenvalue weighted by Gasteiger charge is -2.33. The molecule has 131 heavy (non-hydrogen) atoms. The summed E-state index contributed by atoms with van der Waals surface area (Å²) in [5.41, 5.74) is 51.8. The van der Waals surface area contributed by atoms with Crippen LogP contribution in [-0.4, -0.2) is 0 Å². The molecule has 0 aromatic heterocycles. The van der Waals surface area contributed by atoms with Crippen molar-refractivity contribution >= 4 is 34.1 Å². The average molecular weight is 1660 g/mol. The van der Waals surface area contributed by atoms with Gasteiger partial charge in [0, 0.05) is 34.1 Å². The summed E-state index contributed by atoms with van der Waals surface area (Å²) >= 11 is 0. The Bertz CT molecular complexity index is 8100. The zero-order valence-electron chi connectivity index (χ0n) is 71.7. The van der Waals surface area contributed by atoms with E-state index in [9.17, 15) is 0 Å². The molecule has 0 saturated heterocycles. The molecule has 0 saturated carbocycles. The summed E-state index contributed by atoms with van der Waals surface area (Å²) in [5.74, 6) is 0. The van der Waals surface area contributed by atoms with E-state index in [1.54, 1.807) is 0 Å². The van der Waals surface area contributed by atoms with Crippen LogP contribution in [-0.2, 0) is 16.2 Å². The van der Waals surface area contributed by atoms with Crippen LogP contribution in [0.25, 0.3) is 145 Å². The van der Waals surface area contributed by atoms with Crippen LogP contribution in [0.1, 0.15) is 66.8 Å². The van der Waals surface area contributed by atoms with Gasteiger partial charge in [-0.05, 0) is 315 Å². The van der Waals surface area contributed by atoms with Gasteiger partial charge in [0.25, 0.3) is 0 Å². The Kier molecular flexibility index (Phi) is 16.6. The van der Waals surface area contributed by atoms with E-state index in [2.05, 4.69) is 507 Å². The number of fused-ring (bicyclic) bond motifs is 30. The number of rotatable bonds is 13. The first-order valence-corrected chi connectivity index (χ1v) is 45.7. The first-order valence-electron chi connectivity index (χ1n) is 45.7. The Hall–Kier alpha value is -16.8. The first-order chi connectivity index (χ1) is 64.9. The molecule has 27 rings (SSSR count). The highest BCUT2D eigenvalue weighted by Crippen LogP contribution is 2.68. The highest BCUT2D eigenvalue weighted by Gasteiger charge is 2.55. The summed E-state index contributed by atoms with van der Waals surface area (Å²) in [4.78, 5) is 5.04. The summed E-state index contributed by atoms with van der Waals surface area (Å²) in [6.07, 6.45) is 0. The zero-order valence-corrected chi connectivity index (χ0v) is 71.7. The van der Waals surface area contributed by atoms with E-state index in [0.717, 1.165) is 101 Å². The predicted molar refractivity (Wildman–Crippen MR) is 543 cm³/mol. The Morgan fingerprint density at radius 2 is 0.313 bits per heavy atom. The molecule has 2 nitrogen and oxygen atoms in total. The normalized spacial score (nSPS) is 14.3. The number of hydrogen-bond acceptors (Lipinski definition) is 2. The fourth-order valence-corrected chi connectivity index (χ4v) is 24.0. The third kappa shape index (κ3) is 11.0. The van der Waals surface area contributed by atoms with Gasteiger partial charge < -0.3 is 9.80 Å². The summed E-state index contributed by atoms with van der Waals surface area (Å²) in [6.45, 7) is 0. The van der Waals surface area contributed by atoms with E-state index < -0.39 is 16.2 Å². The molecule has 0 radical (unpaired) electrons. The highest BCUT2D eigenvalue weighted by molar-refractivity contribution is 6.02. The van der Waals surface area contributed by atoms with Crippen LogP contribution in [0.5, 0.6) is 0 Å². The van der Waals surface area contributed by atoms with Crippen LogP contribution in [0.3, 0.4) is 0 Å². The van der Waals surface area contributed by atoms with E-state index in [1.165, 1.54) is 145 Å². The van der Waals surface area contributed by atoms with Gasteiger partial charge in [-0.25, -0.2) is 0 Å². The van der Waals surface area contributed by atoms with Gasteiger partial charge in [-0.2, -0.15) is 0 Å². The van der Waals surface area contributed by atoms with Crippen molar-refractivity contribution < 1.29 is 0 Å². The summed E-state index contributed by atoms with van der Waals surface area (Å²) in [6, 6.07) is 188. The fraction of sp³-hybridized carbons (Fsp3) is 0.0233. The third-order valence-corrected chi connectivity index (χ3v) is 29.4. The topological polar surface area (TPSA) is 6.48 Å². The predicted octanol–water partition coefficient (Wildman–Crippen LogP) is 33.3. The molecule has 1 atom stereocenters. The van der Waals surface area contributed by atoms with E-state index in [0.29, 0.717) is 0 Å². The van der Waals surface area contributed by atoms with Crippen molar-refractivity contribution in [1.82, 2.24) is 0 Å². The second kappa shape index (κ2) is 29.1. The fourth-order valence-electron chi connectivity index (χ4n) is 24.0. The number of benzene rings is 21. The maximum absolute atomic E-state index is 2.55. The minimum atomic E-state index is -0.663. The molecular weight excluding hydrogens is 1580 g/mol. The SMILES string of the molecule is c1ccc(-c2cccc(N(c3ccc4c(c3)C3(c5ccccc5-c5ccccc53)c3ccccc3-4)c3ccc4c(c3)C3(c5ccccc5-c5cc(-c6cccc(-c7cc(-c8ccccc8)cc(N(c8ccc(-c9ccc%10c(c9)C9(c%11ccccc%11-c%11ccccc%119)c9ccccc9-%10)cc8)c8cc(-c9ccccc9)cc(-c9ccccc9)c8)c7)c6)ccc53)c3ccccc3-4)c2)cc1. The molecule has 2 heteroatoms. The van der Waals surface area contributed by atoms with Gasteiger partial charge in [-0.1, -0.05) is 394 Å². The van der Waals surface area contributed by atoms with Gasteiger partial charge in [0.1, 0.15) is 0 Å². The lowest BCUT2D eigenvalue weighted by molar-refractivity contribution is 0.792. The van der Waals surface area contributed by atoms with Gasteiger partial charge in [0.15, 0.2) is 0 Å². The monoisotopic (exact) mass is 1660 g/mol. The number of hydrogen-bond donors (Lipinski definition) is 0. The molecule has 6 aliphatic rings. The first kappa shape index (κ1) is 74.5. The van der Waals surface area contributed by atoms with Gasteiger partial charge in [-0.15, -0.1) is 0 Å². The molecule has 0 heterocycles. The molecule has 608 valence electrons. The molecule has 0 fully saturated rings. The summed E-state index contributed by atoms with van der Waals surface area (Å²) < 4.78 is 0. The summed E-state index contributed by atoms with van der Waals surface area (Å²) in [7, 11) is 0. The Morgan fingerprint density at radius 1 is 0.0992 bits per heavy atom. The number of nitrogens with zero attached hydrogens (tertiary/aromatic N) is 2. The Balaban J connectivity index is 0.602. The van der Waals surface area contributed by atoms with Crippen LogP contribution in [0.4, 0.5) is 34.1 Å². The second-order valence-electron chi connectivity index (χ2n) is 35.9. The lowest BCUT2D eigenvalue weighted by Crippen LogP contribution is -2.26. The Morgan fingerprint density at radius 3 is 0.702 bits per heavy atom. The van der Waals surface area contributed by atoms with Gasteiger partial charge >= 0.3 is 0 Å². The second-order valence-corrected chi connectivity index (χ2v) is 35.9. The maximum atomic E-state index is 2.55. The maximum Gasteiger partial charge on any atom is 0.0726 e. The van der Waals surface area contributed by atoms with E-state index in [4.69, 9.17) is 0 Å². The van der Waals surface area contributed by atoms with Crippen LogP contribution in [0.15, 0.2) is 497 Å². The van der Waals surface area contributed by atoms with Gasteiger partial charge in [-0.3, -0.25) is 0 Å². The van der Waals surface area contributed by atoms with Crippen LogP contribution in [0.2, 0.25) is 0 Å². The van der Waals surface area contributed by atoms with E-state index in [-0.39, 0.29) is 0 Å². The molecule has 3 spiro atoms. The standard InChI is InChI=1S/C129H82N2/c1-5-31-83(32-6-1)90-41-30-42-98(74-90)131(99-65-68-112-108-48-18-26-56-120(108)128(125(112)81-99)117-53-23-15-45-105(117)106-46-16-24-54-118(106)128)100-66-69-113-109-49-19-27-57-121(109)129(126(113)82-100)122-58-28-20-50-110(122)114-79-91(62-70-123(114)129)88-39-29-40-89(71-88)96-73-95(86-37-11-4-12-38-86)77-102(78-96)130(101-75-93(84-33-7-2-8-34-84)72-94(76-101)85-35-9-3-10-36-85)97-63-59-87(60-64-97)92-61-67-111-107-47-17-25-55-119(107)127(124(111)80-92)115-51-21-13-43-103(115)104-44-14-22-52-116(104)127/h1-82H. The molecule has 21 aromatic carbocycles. The highest BCUT2D eigenvalue weighted by atomic mass is 15.1. The van der Waals surface area contributed by atoms with E-state index >= 15 is 0 Å². The Labute approximate surface area is 763 Å². The minimum absolute atomic E-state index is 0.459. The molecule has 0 bridgehead atoms. The minimum Gasteiger partial charge on any atom is -0.310 e. The number of anilines is 6. The average Bonchev–Trinajstić information content (AvgIpc) is 1.52. The molecule has 0 aliphatic heterocycles. The van der Waals surface area contributed by atoms with Crippen molar-refractivity contribution in [2.75, 3.05) is 9.80 Å². The van der Waals surface area contributed by atoms with Gasteiger partial charge in [0.05, 0.1) is 16.2 Å².